The van der Waals surface area contributed by atoms with Crippen molar-refractivity contribution in [2.24, 2.45) is 5.41 Å². The van der Waals surface area contributed by atoms with E-state index in [0.717, 1.165) is 39.5 Å². The van der Waals surface area contributed by atoms with Gasteiger partial charge in [-0.1, -0.05) is 50.3 Å². The lowest BCUT2D eigenvalue weighted by molar-refractivity contribution is -0.138. The first-order valence-electron chi connectivity index (χ1n) is 10.4. The van der Waals surface area contributed by atoms with Crippen molar-refractivity contribution in [1.29, 1.82) is 0 Å². The van der Waals surface area contributed by atoms with Gasteiger partial charge in [0.05, 0.1) is 5.60 Å². The van der Waals surface area contributed by atoms with Crippen LogP contribution in [0.3, 0.4) is 0 Å². The van der Waals surface area contributed by atoms with Gasteiger partial charge in [0, 0.05) is 12.0 Å². The van der Waals surface area contributed by atoms with Crippen molar-refractivity contribution >= 4 is 27.9 Å². The molecular formula is C26H32O3. The highest BCUT2D eigenvalue weighted by molar-refractivity contribution is 6.25. The zero-order valence-corrected chi connectivity index (χ0v) is 18.7. The quantitative estimate of drug-likeness (QED) is 0.607. The lowest BCUT2D eigenvalue weighted by Crippen LogP contribution is -2.28. The van der Waals surface area contributed by atoms with Crippen LogP contribution in [0, 0.1) is 12.3 Å². The summed E-state index contributed by atoms with van der Waals surface area (Å²) in [6.07, 6.45) is 2.74. The highest BCUT2D eigenvalue weighted by Crippen LogP contribution is 2.43. The number of benzene rings is 2. The van der Waals surface area contributed by atoms with Gasteiger partial charge in [0.15, 0.2) is 11.6 Å². The fraction of sp³-hybridized carbons (Fsp3) is 0.462. The number of allylic oxidation sites excluding steroid dienone is 2. The second-order valence-electron chi connectivity index (χ2n) is 9.89. The topological polar surface area (TPSA) is 43.4 Å². The van der Waals surface area contributed by atoms with Crippen LogP contribution in [0.5, 0.6) is 0 Å². The Balaban J connectivity index is 2.40. The molecule has 0 heterocycles. The average molecular weight is 393 g/mol. The van der Waals surface area contributed by atoms with Gasteiger partial charge < -0.3 is 4.74 Å². The number of fused-ring (bicyclic) bond motifs is 1. The van der Waals surface area contributed by atoms with Crippen LogP contribution < -0.4 is 0 Å². The van der Waals surface area contributed by atoms with Crippen LogP contribution in [-0.4, -0.2) is 17.2 Å². The predicted octanol–water partition coefficient (Wildman–Crippen LogP) is 6.37. The number of hydrogen-bond donors (Lipinski definition) is 0. The van der Waals surface area contributed by atoms with E-state index in [0.29, 0.717) is 6.42 Å². The molecular weight excluding hydrogens is 360 g/mol. The fourth-order valence-electron chi connectivity index (χ4n) is 4.16. The highest BCUT2D eigenvalue weighted by atomic mass is 16.5. The van der Waals surface area contributed by atoms with Gasteiger partial charge >= 0.3 is 0 Å². The number of carbonyl (C=O) groups is 2. The standard InChI is InChI=1S/C26H32O3/c1-16-14-18-10-8-9-11-19(18)23(20-15-26(6,7)13-12-21(20)28)22(16)24(17(2)27)29-25(3,4)5/h8-11,14-15,24H,12-13H2,1-7H3/t24-/m1/s1. The van der Waals surface area contributed by atoms with Crippen LogP contribution >= 0.6 is 0 Å². The van der Waals surface area contributed by atoms with Crippen LogP contribution in [0.4, 0.5) is 0 Å². The normalized spacial score (nSPS) is 17.9. The molecule has 0 radical (unpaired) electrons. The Labute approximate surface area is 174 Å². The van der Waals surface area contributed by atoms with Gasteiger partial charge in [0.1, 0.15) is 6.10 Å². The summed E-state index contributed by atoms with van der Waals surface area (Å²) in [4.78, 5) is 25.8. The maximum Gasteiger partial charge on any atom is 0.163 e. The van der Waals surface area contributed by atoms with Crippen molar-refractivity contribution in [2.45, 2.75) is 73.0 Å². The molecule has 1 aliphatic carbocycles. The zero-order valence-electron chi connectivity index (χ0n) is 18.7. The van der Waals surface area contributed by atoms with E-state index in [1.807, 2.05) is 45.9 Å². The SMILES string of the molecule is CC(=O)[C@@H](OC(C)(C)C)c1c(C)cc2ccccc2c1C1=CC(C)(C)CCC1=O. The number of carbonyl (C=O) groups excluding carboxylic acids is 2. The molecule has 3 rings (SSSR count). The van der Waals surface area contributed by atoms with Crippen LogP contribution in [0.2, 0.25) is 0 Å². The molecule has 2 aromatic carbocycles. The smallest absolute Gasteiger partial charge is 0.163 e. The second-order valence-corrected chi connectivity index (χ2v) is 9.89. The van der Waals surface area contributed by atoms with Crippen molar-refractivity contribution < 1.29 is 14.3 Å². The Bertz CT molecular complexity index is 1000. The van der Waals surface area contributed by atoms with E-state index in [-0.39, 0.29) is 17.0 Å². The van der Waals surface area contributed by atoms with Crippen molar-refractivity contribution in [2.75, 3.05) is 0 Å². The molecule has 0 unspecified atom stereocenters. The number of Topliss-reactive ketones (excluding diaryl/α,β-unsaturated/α-hetero) is 2. The molecule has 0 saturated carbocycles. The zero-order chi connectivity index (χ0) is 21.6. The summed E-state index contributed by atoms with van der Waals surface area (Å²) in [6, 6.07) is 10.2. The molecule has 2 aromatic rings. The fourth-order valence-corrected chi connectivity index (χ4v) is 4.16. The maximum atomic E-state index is 13.1. The van der Waals surface area contributed by atoms with E-state index in [1.54, 1.807) is 6.92 Å². The molecule has 0 spiro atoms. The first-order chi connectivity index (χ1) is 13.4. The number of hydrogen-bond acceptors (Lipinski definition) is 3. The minimum atomic E-state index is -0.714. The Kier molecular flexibility index (Phi) is 5.57. The summed E-state index contributed by atoms with van der Waals surface area (Å²) in [5.74, 6) is 0.0852. The third-order valence-electron chi connectivity index (χ3n) is 5.50. The van der Waals surface area contributed by atoms with Crippen molar-refractivity contribution in [3.8, 4) is 0 Å². The molecule has 3 heteroatoms. The molecule has 0 N–H and O–H groups in total. The molecule has 0 amide bonds. The second kappa shape index (κ2) is 7.53. The van der Waals surface area contributed by atoms with E-state index in [2.05, 4.69) is 32.1 Å². The molecule has 0 aliphatic heterocycles. The van der Waals surface area contributed by atoms with Crippen molar-refractivity contribution in [3.05, 3.63) is 53.1 Å². The maximum absolute atomic E-state index is 13.1. The molecule has 1 aliphatic rings. The van der Waals surface area contributed by atoms with E-state index in [1.165, 1.54) is 0 Å². The van der Waals surface area contributed by atoms with Crippen LogP contribution in [0.25, 0.3) is 16.3 Å². The van der Waals surface area contributed by atoms with E-state index in [4.69, 9.17) is 4.74 Å². The lowest BCUT2D eigenvalue weighted by Gasteiger charge is -2.32. The van der Waals surface area contributed by atoms with Gasteiger partial charge in [0.2, 0.25) is 0 Å². The van der Waals surface area contributed by atoms with Crippen LogP contribution in [0.15, 0.2) is 36.4 Å². The minimum absolute atomic E-state index is 0.0531. The predicted molar refractivity (Wildman–Crippen MR) is 119 cm³/mol. The summed E-state index contributed by atoms with van der Waals surface area (Å²) >= 11 is 0. The Morgan fingerprint density at radius 1 is 1.17 bits per heavy atom. The van der Waals surface area contributed by atoms with E-state index >= 15 is 0 Å². The van der Waals surface area contributed by atoms with Gasteiger partial charge in [0.25, 0.3) is 0 Å². The largest absolute Gasteiger partial charge is 0.360 e. The van der Waals surface area contributed by atoms with E-state index < -0.39 is 11.7 Å². The number of aryl methyl sites for hydroxylation is 1. The number of rotatable bonds is 4. The molecule has 0 aromatic heterocycles. The average Bonchev–Trinajstić information content (AvgIpc) is 2.60. The van der Waals surface area contributed by atoms with Gasteiger partial charge in [-0.05, 0) is 73.9 Å². The summed E-state index contributed by atoms with van der Waals surface area (Å²) < 4.78 is 6.25. The van der Waals surface area contributed by atoms with Crippen LogP contribution in [0.1, 0.15) is 77.2 Å². The van der Waals surface area contributed by atoms with Gasteiger partial charge in [-0.15, -0.1) is 0 Å². The molecule has 29 heavy (non-hydrogen) atoms. The molecule has 0 saturated heterocycles. The van der Waals surface area contributed by atoms with Gasteiger partial charge in [-0.25, -0.2) is 0 Å². The van der Waals surface area contributed by atoms with Crippen LogP contribution in [-0.2, 0) is 14.3 Å². The first-order valence-corrected chi connectivity index (χ1v) is 10.4. The van der Waals surface area contributed by atoms with Crippen molar-refractivity contribution in [3.63, 3.8) is 0 Å². The lowest BCUT2D eigenvalue weighted by atomic mass is 9.74. The summed E-state index contributed by atoms with van der Waals surface area (Å²) in [5, 5.41) is 2.06. The summed E-state index contributed by atoms with van der Waals surface area (Å²) in [7, 11) is 0. The number of ketones is 2. The highest BCUT2D eigenvalue weighted by Gasteiger charge is 2.34. The summed E-state index contributed by atoms with van der Waals surface area (Å²) in [5.41, 5.74) is 2.82. The number of ether oxygens (including phenoxy) is 1. The summed E-state index contributed by atoms with van der Waals surface area (Å²) in [6.45, 7) is 13.7. The van der Waals surface area contributed by atoms with Crippen molar-refractivity contribution in [1.82, 2.24) is 0 Å². The Hall–Kier alpha value is -2.26. The first kappa shape index (κ1) is 21.4. The van der Waals surface area contributed by atoms with Gasteiger partial charge in [-0.3, -0.25) is 9.59 Å². The Morgan fingerprint density at radius 2 is 1.83 bits per heavy atom. The van der Waals surface area contributed by atoms with Gasteiger partial charge in [-0.2, -0.15) is 0 Å². The third-order valence-corrected chi connectivity index (χ3v) is 5.50. The molecule has 0 fully saturated rings. The molecule has 0 bridgehead atoms. The molecule has 3 nitrogen and oxygen atoms in total. The monoisotopic (exact) mass is 392 g/mol. The third kappa shape index (κ3) is 4.51. The minimum Gasteiger partial charge on any atom is -0.360 e. The molecule has 1 atom stereocenters. The van der Waals surface area contributed by atoms with E-state index in [9.17, 15) is 9.59 Å². The Morgan fingerprint density at radius 3 is 2.45 bits per heavy atom. The molecule has 154 valence electrons.